The molecule has 2 aromatic carbocycles. The van der Waals surface area contributed by atoms with E-state index in [1.54, 1.807) is 38.1 Å². The summed E-state index contributed by atoms with van der Waals surface area (Å²) in [7, 11) is -3.82. The van der Waals surface area contributed by atoms with Crippen LogP contribution in [0.3, 0.4) is 0 Å². The second kappa shape index (κ2) is 9.86. The van der Waals surface area contributed by atoms with Gasteiger partial charge in [-0.2, -0.15) is 4.31 Å². The first-order valence-electron chi connectivity index (χ1n) is 8.64. The molecule has 0 aromatic heterocycles. The number of benzene rings is 2. The molecule has 6 nitrogen and oxygen atoms in total. The first-order valence-corrected chi connectivity index (χ1v) is 10.5. The van der Waals surface area contributed by atoms with E-state index in [9.17, 15) is 17.6 Å². The highest BCUT2D eigenvalue weighted by Crippen LogP contribution is 2.20. The van der Waals surface area contributed by atoms with E-state index in [1.807, 2.05) is 0 Å². The molecule has 0 fully saturated rings. The van der Waals surface area contributed by atoms with Crippen molar-refractivity contribution in [3.63, 3.8) is 0 Å². The Labute approximate surface area is 168 Å². The Morgan fingerprint density at radius 1 is 1.11 bits per heavy atom. The number of esters is 1. The molecule has 9 heteroatoms. The van der Waals surface area contributed by atoms with Crippen LogP contribution in [0.25, 0.3) is 0 Å². The van der Waals surface area contributed by atoms with Crippen LogP contribution in [0.1, 0.15) is 24.2 Å². The van der Waals surface area contributed by atoms with Crippen LogP contribution in [0.2, 0.25) is 5.02 Å². The van der Waals surface area contributed by atoms with E-state index >= 15 is 0 Å². The largest absolute Gasteiger partial charge is 0.490 e. The van der Waals surface area contributed by atoms with Gasteiger partial charge >= 0.3 is 5.97 Å². The van der Waals surface area contributed by atoms with Crippen LogP contribution < -0.4 is 4.74 Å². The van der Waals surface area contributed by atoms with Crippen molar-refractivity contribution in [3.05, 3.63) is 58.9 Å². The summed E-state index contributed by atoms with van der Waals surface area (Å²) >= 11 is 5.84. The smallest absolute Gasteiger partial charge is 0.341 e. The van der Waals surface area contributed by atoms with Crippen molar-refractivity contribution >= 4 is 27.6 Å². The lowest BCUT2D eigenvalue weighted by atomic mass is 10.2. The second-order valence-corrected chi connectivity index (χ2v) is 8.05. The molecule has 0 bridgehead atoms. The molecule has 0 N–H and O–H groups in total. The van der Waals surface area contributed by atoms with Gasteiger partial charge in [-0.05, 0) is 36.4 Å². The van der Waals surface area contributed by atoms with Gasteiger partial charge in [0.25, 0.3) is 0 Å². The molecule has 0 saturated carbocycles. The third-order valence-electron chi connectivity index (χ3n) is 3.88. The summed E-state index contributed by atoms with van der Waals surface area (Å²) in [5, 5.41) is 0.503. The molecular weight excluding hydrogens is 409 g/mol. The van der Waals surface area contributed by atoms with Crippen molar-refractivity contribution in [3.8, 4) is 5.75 Å². The lowest BCUT2D eigenvalue weighted by molar-refractivity contribution is 0.0445. The number of halogens is 2. The van der Waals surface area contributed by atoms with Crippen molar-refractivity contribution in [1.82, 2.24) is 4.31 Å². The molecular formula is C19H21ClFNO5S. The van der Waals surface area contributed by atoms with Gasteiger partial charge in [0.15, 0.2) is 0 Å². The predicted octanol–water partition coefficient (Wildman–Crippen LogP) is 3.75. The van der Waals surface area contributed by atoms with E-state index < -0.39 is 27.4 Å². The van der Waals surface area contributed by atoms with Crippen LogP contribution >= 0.6 is 11.6 Å². The van der Waals surface area contributed by atoms with Crippen LogP contribution in [0, 0.1) is 5.82 Å². The van der Waals surface area contributed by atoms with Gasteiger partial charge in [-0.15, -0.1) is 0 Å². The first kappa shape index (κ1) is 22.1. The van der Waals surface area contributed by atoms with Gasteiger partial charge in [0.05, 0.1) is 10.5 Å². The summed E-state index contributed by atoms with van der Waals surface area (Å²) in [4.78, 5) is 12.0. The number of hydrogen-bond acceptors (Lipinski definition) is 5. The van der Waals surface area contributed by atoms with E-state index in [4.69, 9.17) is 21.1 Å². The standard InChI is InChI=1S/C19H21ClFNO5S/c1-3-22(4-2)28(24,25)16-8-9-18(21)17(13-16)19(23)27-11-10-26-15-7-5-6-14(20)12-15/h5-9,12-13H,3-4,10-11H2,1-2H3. The minimum atomic E-state index is -3.82. The van der Waals surface area contributed by atoms with Gasteiger partial charge in [-0.3, -0.25) is 0 Å². The Morgan fingerprint density at radius 2 is 1.82 bits per heavy atom. The lowest BCUT2D eigenvalue weighted by Gasteiger charge is -2.18. The summed E-state index contributed by atoms with van der Waals surface area (Å²) in [5.41, 5.74) is -0.448. The van der Waals surface area contributed by atoms with Crippen LogP contribution in [-0.4, -0.2) is 45.0 Å². The number of rotatable bonds is 9. The first-order chi connectivity index (χ1) is 13.3. The zero-order valence-electron chi connectivity index (χ0n) is 15.5. The van der Waals surface area contributed by atoms with Crippen molar-refractivity contribution in [2.24, 2.45) is 0 Å². The molecule has 152 valence electrons. The van der Waals surface area contributed by atoms with Crippen LogP contribution in [-0.2, 0) is 14.8 Å². The predicted molar refractivity (Wildman–Crippen MR) is 104 cm³/mol. The Bertz CT molecular complexity index is 932. The summed E-state index contributed by atoms with van der Waals surface area (Å²) in [6, 6.07) is 9.75. The second-order valence-electron chi connectivity index (χ2n) is 5.67. The van der Waals surface area contributed by atoms with Gasteiger partial charge in [0.1, 0.15) is 24.8 Å². The minimum Gasteiger partial charge on any atom is -0.490 e. The summed E-state index contributed by atoms with van der Waals surface area (Å²) in [6.45, 7) is 3.80. The highest BCUT2D eigenvalue weighted by Gasteiger charge is 2.24. The zero-order valence-corrected chi connectivity index (χ0v) is 17.1. The lowest BCUT2D eigenvalue weighted by Crippen LogP contribution is -2.30. The molecule has 0 aliphatic carbocycles. The number of hydrogen-bond donors (Lipinski definition) is 0. The molecule has 0 unspecified atom stereocenters. The summed E-state index contributed by atoms with van der Waals surface area (Å²) in [5.74, 6) is -1.33. The molecule has 28 heavy (non-hydrogen) atoms. The Balaban J connectivity index is 2.04. The zero-order chi connectivity index (χ0) is 20.7. The molecule has 0 heterocycles. The minimum absolute atomic E-state index is 0.0329. The normalized spacial score (nSPS) is 11.5. The number of carbonyl (C=O) groups excluding carboxylic acids is 1. The maximum Gasteiger partial charge on any atom is 0.341 e. The Morgan fingerprint density at radius 3 is 2.46 bits per heavy atom. The molecule has 0 saturated heterocycles. The molecule has 0 atom stereocenters. The molecule has 0 spiro atoms. The monoisotopic (exact) mass is 429 g/mol. The average molecular weight is 430 g/mol. The van der Waals surface area contributed by atoms with Gasteiger partial charge in [0.2, 0.25) is 10.0 Å². The van der Waals surface area contributed by atoms with Crippen LogP contribution in [0.4, 0.5) is 4.39 Å². The molecule has 0 aliphatic rings. The van der Waals surface area contributed by atoms with Crippen molar-refractivity contribution in [1.29, 1.82) is 0 Å². The maximum atomic E-state index is 14.0. The van der Waals surface area contributed by atoms with Crippen molar-refractivity contribution < 1.29 is 27.1 Å². The fraction of sp³-hybridized carbons (Fsp3) is 0.316. The topological polar surface area (TPSA) is 72.9 Å². The highest BCUT2D eigenvalue weighted by atomic mass is 35.5. The molecule has 0 radical (unpaired) electrons. The average Bonchev–Trinajstić information content (AvgIpc) is 2.66. The quantitative estimate of drug-likeness (QED) is 0.448. The van der Waals surface area contributed by atoms with Gasteiger partial charge < -0.3 is 9.47 Å². The van der Waals surface area contributed by atoms with Crippen molar-refractivity contribution in [2.75, 3.05) is 26.3 Å². The number of sulfonamides is 1. The van der Waals surface area contributed by atoms with E-state index in [0.29, 0.717) is 10.8 Å². The molecule has 2 rings (SSSR count). The van der Waals surface area contributed by atoms with Crippen molar-refractivity contribution in [2.45, 2.75) is 18.7 Å². The third-order valence-corrected chi connectivity index (χ3v) is 6.16. The fourth-order valence-corrected chi connectivity index (χ4v) is 4.13. The summed E-state index contributed by atoms with van der Waals surface area (Å²) in [6.07, 6.45) is 0. The van der Waals surface area contributed by atoms with E-state index in [1.165, 1.54) is 4.31 Å². The Kier molecular flexibility index (Phi) is 7.79. The fourth-order valence-electron chi connectivity index (χ4n) is 2.46. The molecule has 0 aliphatic heterocycles. The Hall–Kier alpha value is -2.16. The van der Waals surface area contributed by atoms with Gasteiger partial charge in [-0.1, -0.05) is 31.5 Å². The SMILES string of the molecule is CCN(CC)S(=O)(=O)c1ccc(F)c(C(=O)OCCOc2cccc(Cl)c2)c1. The van der Waals surface area contributed by atoms with E-state index in [2.05, 4.69) is 0 Å². The van der Waals surface area contributed by atoms with E-state index in [-0.39, 0.29) is 31.2 Å². The van der Waals surface area contributed by atoms with Crippen LogP contribution in [0.15, 0.2) is 47.4 Å². The van der Waals surface area contributed by atoms with Crippen LogP contribution in [0.5, 0.6) is 5.75 Å². The van der Waals surface area contributed by atoms with Gasteiger partial charge in [-0.25, -0.2) is 17.6 Å². The molecule has 2 aromatic rings. The highest BCUT2D eigenvalue weighted by molar-refractivity contribution is 7.89. The third kappa shape index (κ3) is 5.43. The summed E-state index contributed by atoms with van der Waals surface area (Å²) < 4.78 is 50.7. The molecule has 0 amide bonds. The maximum absolute atomic E-state index is 14.0. The van der Waals surface area contributed by atoms with E-state index in [0.717, 1.165) is 18.2 Å². The van der Waals surface area contributed by atoms with Gasteiger partial charge in [0, 0.05) is 18.1 Å². The number of ether oxygens (including phenoxy) is 2. The number of carbonyl (C=O) groups is 1. The number of nitrogens with zero attached hydrogens (tertiary/aromatic N) is 1.